The molecule has 0 spiro atoms. The molecule has 0 aliphatic heterocycles. The van der Waals surface area contributed by atoms with Crippen molar-refractivity contribution < 1.29 is 19.2 Å². The van der Waals surface area contributed by atoms with Crippen LogP contribution in [0.2, 0.25) is 0 Å². The van der Waals surface area contributed by atoms with Crippen LogP contribution in [0, 0.1) is 5.82 Å². The van der Waals surface area contributed by atoms with Gasteiger partial charge < -0.3 is 15.4 Å². The molecule has 0 aromatic heterocycles. The Balaban J connectivity index is 2.14. The number of rotatable bonds is 4. The van der Waals surface area contributed by atoms with Gasteiger partial charge in [-0.05, 0) is 30.1 Å². The summed E-state index contributed by atoms with van der Waals surface area (Å²) in [5.41, 5.74) is 0.774. The molecule has 6 heteroatoms. The molecule has 3 N–H and O–H groups in total. The third kappa shape index (κ3) is 3.68. The van der Waals surface area contributed by atoms with Gasteiger partial charge >= 0.3 is 7.12 Å². The molecule has 0 aliphatic rings. The van der Waals surface area contributed by atoms with Gasteiger partial charge in [-0.1, -0.05) is 36.4 Å². The third-order valence-electron chi connectivity index (χ3n) is 3.18. The SMILES string of the molecule is C[C@@H](NC(=O)c1ccc(B(O)O)cc1F)c1ccccc1. The van der Waals surface area contributed by atoms with Crippen molar-refractivity contribution in [2.75, 3.05) is 0 Å². The van der Waals surface area contributed by atoms with Crippen molar-refractivity contribution in [1.82, 2.24) is 5.32 Å². The second-order valence-corrected chi connectivity index (χ2v) is 4.72. The molecule has 0 heterocycles. The highest BCUT2D eigenvalue weighted by Crippen LogP contribution is 2.13. The molecule has 0 aliphatic carbocycles. The summed E-state index contributed by atoms with van der Waals surface area (Å²) < 4.78 is 13.8. The quantitative estimate of drug-likeness (QED) is 0.735. The molecule has 2 aromatic carbocycles. The van der Waals surface area contributed by atoms with E-state index < -0.39 is 18.8 Å². The van der Waals surface area contributed by atoms with Crippen molar-refractivity contribution >= 4 is 18.5 Å². The minimum atomic E-state index is -1.76. The van der Waals surface area contributed by atoms with Crippen LogP contribution in [0.5, 0.6) is 0 Å². The predicted octanol–water partition coefficient (Wildman–Crippen LogP) is 0.997. The molecule has 21 heavy (non-hydrogen) atoms. The van der Waals surface area contributed by atoms with E-state index in [1.165, 1.54) is 12.1 Å². The summed E-state index contributed by atoms with van der Waals surface area (Å²) in [4.78, 5) is 12.1. The highest BCUT2D eigenvalue weighted by molar-refractivity contribution is 6.58. The van der Waals surface area contributed by atoms with Crippen LogP contribution in [0.1, 0.15) is 28.9 Å². The van der Waals surface area contributed by atoms with Crippen LogP contribution in [0.3, 0.4) is 0 Å². The van der Waals surface area contributed by atoms with Gasteiger partial charge in [0.15, 0.2) is 0 Å². The lowest BCUT2D eigenvalue weighted by Crippen LogP contribution is -2.32. The van der Waals surface area contributed by atoms with Gasteiger partial charge in [-0.15, -0.1) is 0 Å². The summed E-state index contributed by atoms with van der Waals surface area (Å²) in [6, 6.07) is 12.5. The van der Waals surface area contributed by atoms with Crippen LogP contribution in [-0.2, 0) is 0 Å². The van der Waals surface area contributed by atoms with Crippen LogP contribution in [0.4, 0.5) is 4.39 Å². The van der Waals surface area contributed by atoms with Crippen molar-refractivity contribution in [3.63, 3.8) is 0 Å². The molecule has 0 bridgehead atoms. The van der Waals surface area contributed by atoms with Gasteiger partial charge in [-0.25, -0.2) is 4.39 Å². The lowest BCUT2D eigenvalue weighted by Gasteiger charge is -2.15. The van der Waals surface area contributed by atoms with Crippen LogP contribution in [0.25, 0.3) is 0 Å². The zero-order valence-corrected chi connectivity index (χ0v) is 11.5. The van der Waals surface area contributed by atoms with Gasteiger partial charge in [0, 0.05) is 0 Å². The maximum absolute atomic E-state index is 13.8. The fraction of sp³-hybridized carbons (Fsp3) is 0.133. The maximum Gasteiger partial charge on any atom is 0.488 e. The van der Waals surface area contributed by atoms with Gasteiger partial charge in [0.1, 0.15) is 5.82 Å². The van der Waals surface area contributed by atoms with Gasteiger partial charge in [-0.2, -0.15) is 0 Å². The van der Waals surface area contributed by atoms with Gasteiger partial charge in [0.2, 0.25) is 0 Å². The molecule has 0 radical (unpaired) electrons. The Morgan fingerprint density at radius 2 is 1.86 bits per heavy atom. The van der Waals surface area contributed by atoms with Crippen LogP contribution < -0.4 is 10.8 Å². The fourth-order valence-corrected chi connectivity index (χ4v) is 1.98. The average molecular weight is 287 g/mol. The second-order valence-electron chi connectivity index (χ2n) is 4.72. The highest BCUT2D eigenvalue weighted by atomic mass is 19.1. The number of halogens is 1. The Morgan fingerprint density at radius 1 is 1.19 bits per heavy atom. The summed E-state index contributed by atoms with van der Waals surface area (Å²) >= 11 is 0. The Kier molecular flexibility index (Phi) is 4.72. The second kappa shape index (κ2) is 6.52. The predicted molar refractivity (Wildman–Crippen MR) is 78.5 cm³/mol. The zero-order chi connectivity index (χ0) is 15.4. The maximum atomic E-state index is 13.8. The minimum Gasteiger partial charge on any atom is -0.423 e. The van der Waals surface area contributed by atoms with Gasteiger partial charge in [0.25, 0.3) is 5.91 Å². The van der Waals surface area contributed by atoms with E-state index in [0.717, 1.165) is 11.6 Å². The van der Waals surface area contributed by atoms with Gasteiger partial charge in [0.05, 0.1) is 11.6 Å². The van der Waals surface area contributed by atoms with E-state index in [-0.39, 0.29) is 17.1 Å². The Labute approximate surface area is 122 Å². The van der Waals surface area contributed by atoms with E-state index in [1.807, 2.05) is 30.3 Å². The molecule has 0 saturated heterocycles. The lowest BCUT2D eigenvalue weighted by atomic mass is 9.80. The topological polar surface area (TPSA) is 69.6 Å². The number of hydrogen-bond donors (Lipinski definition) is 3. The molecule has 0 unspecified atom stereocenters. The molecular formula is C15H15BFNO3. The molecule has 2 rings (SSSR count). The number of nitrogens with one attached hydrogen (secondary N) is 1. The van der Waals surface area contributed by atoms with Crippen molar-refractivity contribution in [3.05, 3.63) is 65.5 Å². The van der Waals surface area contributed by atoms with E-state index in [2.05, 4.69) is 5.32 Å². The molecule has 2 aromatic rings. The number of carbonyl (C=O) groups is 1. The lowest BCUT2D eigenvalue weighted by molar-refractivity contribution is 0.0936. The Morgan fingerprint density at radius 3 is 2.43 bits per heavy atom. The first-order chi connectivity index (χ1) is 9.99. The summed E-state index contributed by atoms with van der Waals surface area (Å²) in [6.07, 6.45) is 0. The minimum absolute atomic E-state index is 0.000146. The van der Waals surface area contributed by atoms with Crippen molar-refractivity contribution in [2.45, 2.75) is 13.0 Å². The van der Waals surface area contributed by atoms with Crippen LogP contribution in [0.15, 0.2) is 48.5 Å². The van der Waals surface area contributed by atoms with Crippen LogP contribution in [-0.4, -0.2) is 23.1 Å². The van der Waals surface area contributed by atoms with Crippen molar-refractivity contribution in [1.29, 1.82) is 0 Å². The highest BCUT2D eigenvalue weighted by Gasteiger charge is 2.18. The standard InChI is InChI=1S/C15H15BFNO3/c1-10(11-5-3-2-4-6-11)18-15(19)13-8-7-12(16(20)21)9-14(13)17/h2-10,20-21H,1H3,(H,18,19)/t10-/m1/s1. The monoisotopic (exact) mass is 287 g/mol. The first-order valence-electron chi connectivity index (χ1n) is 6.50. The zero-order valence-electron chi connectivity index (χ0n) is 11.5. The fourth-order valence-electron chi connectivity index (χ4n) is 1.98. The molecular weight excluding hydrogens is 272 g/mol. The molecule has 1 amide bonds. The molecule has 0 fully saturated rings. The first-order valence-corrected chi connectivity index (χ1v) is 6.50. The number of benzene rings is 2. The smallest absolute Gasteiger partial charge is 0.423 e. The van der Waals surface area contributed by atoms with Crippen molar-refractivity contribution in [2.24, 2.45) is 0 Å². The van der Waals surface area contributed by atoms with E-state index >= 15 is 0 Å². The molecule has 4 nitrogen and oxygen atoms in total. The summed E-state index contributed by atoms with van der Waals surface area (Å²) in [6.45, 7) is 1.80. The third-order valence-corrected chi connectivity index (χ3v) is 3.18. The first kappa shape index (κ1) is 15.2. The van der Waals surface area contributed by atoms with E-state index in [0.29, 0.717) is 0 Å². The van der Waals surface area contributed by atoms with Crippen LogP contribution >= 0.6 is 0 Å². The summed E-state index contributed by atoms with van der Waals surface area (Å²) in [5, 5.41) is 20.6. The van der Waals surface area contributed by atoms with E-state index in [9.17, 15) is 9.18 Å². The Bertz CT molecular complexity index is 634. The normalized spacial score (nSPS) is 11.8. The average Bonchev–Trinajstić information content (AvgIpc) is 2.47. The Hall–Kier alpha value is -2.18. The summed E-state index contributed by atoms with van der Waals surface area (Å²) in [5.74, 6) is -1.35. The number of hydrogen-bond acceptors (Lipinski definition) is 3. The van der Waals surface area contributed by atoms with Gasteiger partial charge in [-0.3, -0.25) is 4.79 Å². The van der Waals surface area contributed by atoms with E-state index in [4.69, 9.17) is 10.0 Å². The van der Waals surface area contributed by atoms with E-state index in [1.54, 1.807) is 6.92 Å². The molecule has 108 valence electrons. The number of amides is 1. The molecule has 0 saturated carbocycles. The number of carbonyl (C=O) groups excluding carboxylic acids is 1. The molecule has 1 atom stereocenters. The largest absolute Gasteiger partial charge is 0.488 e. The van der Waals surface area contributed by atoms with Crippen molar-refractivity contribution in [3.8, 4) is 0 Å². The summed E-state index contributed by atoms with van der Waals surface area (Å²) in [7, 11) is -1.76.